The predicted octanol–water partition coefficient (Wildman–Crippen LogP) is 9.46. The second kappa shape index (κ2) is 10.9. The molecule has 1 nitrogen and oxygen atoms in total. The van der Waals surface area contributed by atoms with Crippen molar-refractivity contribution in [2.75, 3.05) is 0 Å². The van der Waals surface area contributed by atoms with E-state index in [4.69, 9.17) is 34.8 Å². The van der Waals surface area contributed by atoms with Crippen LogP contribution in [-0.2, 0) is 11.2 Å². The fourth-order valence-corrected chi connectivity index (χ4v) is 4.40. The molecule has 174 valence electrons. The zero-order valence-corrected chi connectivity index (χ0v) is 20.1. The molecule has 0 amide bonds. The van der Waals surface area contributed by atoms with Gasteiger partial charge in [-0.3, -0.25) is 4.79 Å². The lowest BCUT2D eigenvalue weighted by Gasteiger charge is -2.18. The number of hydrogen-bond acceptors (Lipinski definition) is 1. The molecule has 7 heteroatoms. The Morgan fingerprint density at radius 3 is 2.21 bits per heavy atom. The summed E-state index contributed by atoms with van der Waals surface area (Å²) >= 11 is 17.8. The number of hydrogen-bond donors (Lipinski definition) is 0. The van der Waals surface area contributed by atoms with Crippen molar-refractivity contribution in [1.82, 2.24) is 0 Å². The van der Waals surface area contributed by atoms with E-state index in [2.05, 4.69) is 0 Å². The Labute approximate surface area is 206 Å². The number of benzene rings is 3. The van der Waals surface area contributed by atoms with E-state index in [0.717, 1.165) is 28.8 Å². The van der Waals surface area contributed by atoms with Crippen LogP contribution in [0.1, 0.15) is 48.8 Å². The maximum absolute atomic E-state index is 13.9. The molecular weight excluding hydrogens is 492 g/mol. The van der Waals surface area contributed by atoms with Gasteiger partial charge in [-0.1, -0.05) is 90.3 Å². The van der Waals surface area contributed by atoms with E-state index < -0.39 is 12.1 Å². The number of allylic oxidation sites excluding steroid dienone is 1. The number of Topliss-reactive ketones (excluding diaryl/α,β-unsaturated/α-hetero) is 1. The van der Waals surface area contributed by atoms with Gasteiger partial charge in [0.05, 0.1) is 21.0 Å². The average molecular weight is 514 g/mol. The smallest absolute Gasteiger partial charge is 0.300 e. The number of carbonyl (C=O) groups excluding carboxylic acids is 1. The van der Waals surface area contributed by atoms with Gasteiger partial charge in [0.15, 0.2) is 0 Å². The van der Waals surface area contributed by atoms with Crippen molar-refractivity contribution in [2.45, 2.75) is 44.7 Å². The standard InChI is InChI=1S/C26H22Cl3F3O/c1-2-5-19(33)12-10-16-8-9-17(21-7-4-3-6-20(16)21)11-13-22(26(30,31)32)18-14-23(27)25(29)24(28)15-18/h3-4,6-9,11,13-15,22H,2,5,10,12H2,1H3/b13-11+. The Bertz CT molecular complexity index is 1160. The van der Waals surface area contributed by atoms with Gasteiger partial charge in [-0.2, -0.15) is 13.2 Å². The Kier molecular flexibility index (Phi) is 8.49. The molecule has 0 radical (unpaired) electrons. The van der Waals surface area contributed by atoms with Crippen LogP contribution in [0.25, 0.3) is 16.8 Å². The van der Waals surface area contributed by atoms with Gasteiger partial charge in [-0.15, -0.1) is 0 Å². The lowest BCUT2D eigenvalue weighted by Crippen LogP contribution is -2.19. The Balaban J connectivity index is 1.98. The molecule has 0 spiro atoms. The molecule has 3 aromatic carbocycles. The second-order valence-electron chi connectivity index (χ2n) is 7.83. The lowest BCUT2D eigenvalue weighted by atomic mass is 9.93. The summed E-state index contributed by atoms with van der Waals surface area (Å²) in [7, 11) is 0. The normalized spacial score (nSPS) is 13.1. The molecule has 1 unspecified atom stereocenters. The van der Waals surface area contributed by atoms with Crippen molar-refractivity contribution in [3.63, 3.8) is 0 Å². The van der Waals surface area contributed by atoms with Crippen LogP contribution in [0.2, 0.25) is 15.1 Å². The first-order chi connectivity index (χ1) is 15.6. The fourth-order valence-electron chi connectivity index (χ4n) is 3.79. The first-order valence-corrected chi connectivity index (χ1v) is 11.7. The minimum atomic E-state index is -4.55. The zero-order valence-electron chi connectivity index (χ0n) is 17.9. The Morgan fingerprint density at radius 1 is 0.970 bits per heavy atom. The van der Waals surface area contributed by atoms with Crippen LogP contribution in [0.15, 0.2) is 54.6 Å². The molecule has 0 fully saturated rings. The summed E-state index contributed by atoms with van der Waals surface area (Å²) in [6.07, 6.45) is 0.416. The molecule has 0 aromatic heterocycles. The molecular formula is C26H22Cl3F3O. The van der Waals surface area contributed by atoms with E-state index in [1.807, 2.05) is 37.3 Å². The minimum Gasteiger partial charge on any atom is -0.300 e. The van der Waals surface area contributed by atoms with Crippen LogP contribution >= 0.6 is 34.8 Å². The van der Waals surface area contributed by atoms with Gasteiger partial charge in [0.25, 0.3) is 0 Å². The topological polar surface area (TPSA) is 17.1 Å². The summed E-state index contributed by atoms with van der Waals surface area (Å²) in [5.74, 6) is -1.70. The number of fused-ring (bicyclic) bond motifs is 1. The largest absolute Gasteiger partial charge is 0.399 e. The monoisotopic (exact) mass is 512 g/mol. The molecule has 33 heavy (non-hydrogen) atoms. The molecule has 0 saturated carbocycles. The van der Waals surface area contributed by atoms with E-state index in [1.54, 1.807) is 6.07 Å². The third-order valence-electron chi connectivity index (χ3n) is 5.44. The highest BCUT2D eigenvalue weighted by atomic mass is 35.5. The summed E-state index contributed by atoms with van der Waals surface area (Å²) in [6.45, 7) is 1.97. The van der Waals surface area contributed by atoms with Gasteiger partial charge in [0.1, 0.15) is 5.78 Å². The van der Waals surface area contributed by atoms with E-state index >= 15 is 0 Å². The number of carbonyl (C=O) groups is 1. The number of alkyl halides is 3. The summed E-state index contributed by atoms with van der Waals surface area (Å²) < 4.78 is 41.7. The van der Waals surface area contributed by atoms with Gasteiger partial charge < -0.3 is 0 Å². The van der Waals surface area contributed by atoms with Crippen LogP contribution in [0.3, 0.4) is 0 Å². The van der Waals surface area contributed by atoms with Crippen molar-refractivity contribution < 1.29 is 18.0 Å². The molecule has 3 rings (SSSR count). The van der Waals surface area contributed by atoms with Crippen molar-refractivity contribution >= 4 is 57.4 Å². The molecule has 0 aliphatic carbocycles. The highest BCUT2D eigenvalue weighted by molar-refractivity contribution is 6.48. The van der Waals surface area contributed by atoms with Crippen LogP contribution in [0, 0.1) is 0 Å². The summed E-state index contributed by atoms with van der Waals surface area (Å²) in [5, 5.41) is 1.70. The first-order valence-electron chi connectivity index (χ1n) is 10.5. The highest BCUT2D eigenvalue weighted by Gasteiger charge is 2.39. The van der Waals surface area contributed by atoms with Crippen LogP contribution < -0.4 is 0 Å². The number of ketones is 1. The van der Waals surface area contributed by atoms with E-state index in [9.17, 15) is 18.0 Å². The summed E-state index contributed by atoms with van der Waals surface area (Å²) in [4.78, 5) is 11.9. The van der Waals surface area contributed by atoms with Crippen LogP contribution in [0.5, 0.6) is 0 Å². The van der Waals surface area contributed by atoms with Crippen molar-refractivity contribution in [3.05, 3.63) is 86.4 Å². The average Bonchev–Trinajstić information content (AvgIpc) is 2.76. The van der Waals surface area contributed by atoms with E-state index in [1.165, 1.54) is 18.2 Å². The third-order valence-corrected chi connectivity index (χ3v) is 6.63. The fraction of sp³-hybridized carbons (Fsp3) is 0.269. The SMILES string of the molecule is CCCC(=O)CCc1ccc(/C=C/C(c2cc(Cl)c(Cl)c(Cl)c2)C(F)(F)F)c2ccccc12. The summed E-state index contributed by atoms with van der Waals surface area (Å²) in [5.41, 5.74) is 1.55. The van der Waals surface area contributed by atoms with Gasteiger partial charge in [0, 0.05) is 12.8 Å². The number of halogens is 6. The van der Waals surface area contributed by atoms with Gasteiger partial charge in [-0.25, -0.2) is 0 Å². The van der Waals surface area contributed by atoms with Crippen molar-refractivity contribution in [3.8, 4) is 0 Å². The summed E-state index contributed by atoms with van der Waals surface area (Å²) in [6, 6.07) is 13.5. The first kappa shape index (κ1) is 25.6. The van der Waals surface area contributed by atoms with Gasteiger partial charge in [0.2, 0.25) is 0 Å². The third kappa shape index (κ3) is 6.32. The maximum Gasteiger partial charge on any atom is 0.399 e. The molecule has 0 N–H and O–H groups in total. The van der Waals surface area contributed by atoms with Crippen molar-refractivity contribution in [1.29, 1.82) is 0 Å². The molecule has 0 aliphatic heterocycles. The minimum absolute atomic E-state index is 0.0194. The van der Waals surface area contributed by atoms with Gasteiger partial charge >= 0.3 is 6.18 Å². The van der Waals surface area contributed by atoms with E-state index in [-0.39, 0.29) is 26.4 Å². The quantitative estimate of drug-likeness (QED) is 0.274. The van der Waals surface area contributed by atoms with E-state index in [0.29, 0.717) is 24.8 Å². The van der Waals surface area contributed by atoms with Gasteiger partial charge in [-0.05, 0) is 52.4 Å². The van der Waals surface area contributed by atoms with Crippen molar-refractivity contribution in [2.24, 2.45) is 0 Å². The predicted molar refractivity (Wildman–Crippen MR) is 131 cm³/mol. The molecule has 3 aromatic rings. The Morgan fingerprint density at radius 2 is 1.61 bits per heavy atom. The molecule has 1 atom stereocenters. The van der Waals surface area contributed by atoms with Crippen LogP contribution in [-0.4, -0.2) is 12.0 Å². The number of rotatable bonds is 8. The highest BCUT2D eigenvalue weighted by Crippen LogP contribution is 2.41. The molecule has 0 bridgehead atoms. The number of aryl methyl sites for hydroxylation is 1. The maximum atomic E-state index is 13.9. The molecule has 0 heterocycles. The Hall–Kier alpha value is -2.01. The molecule has 0 aliphatic rings. The zero-order chi connectivity index (χ0) is 24.2. The van der Waals surface area contributed by atoms with Crippen LogP contribution in [0.4, 0.5) is 13.2 Å². The second-order valence-corrected chi connectivity index (χ2v) is 9.02. The lowest BCUT2D eigenvalue weighted by molar-refractivity contribution is -0.139. The molecule has 0 saturated heterocycles.